The van der Waals surface area contributed by atoms with Gasteiger partial charge in [-0.05, 0) is 54.8 Å². The number of ether oxygens (including phenoxy) is 1. The SMILES string of the molecule is CCC(C)Sc1ccc(NC(=O)COc2ccc3c(c2)CCC(=O)N3)c(C(F)(F)F)c1. The second-order valence-corrected chi connectivity index (χ2v) is 8.76. The van der Waals surface area contributed by atoms with Crippen LogP contribution in [0.15, 0.2) is 41.3 Å². The molecule has 0 saturated carbocycles. The van der Waals surface area contributed by atoms with E-state index in [1.54, 1.807) is 24.3 Å². The molecule has 0 spiro atoms. The van der Waals surface area contributed by atoms with Crippen LogP contribution in [0.1, 0.15) is 37.8 Å². The molecule has 0 radical (unpaired) electrons. The molecule has 2 aromatic carbocycles. The minimum absolute atomic E-state index is 0.0606. The summed E-state index contributed by atoms with van der Waals surface area (Å²) in [5.41, 5.74) is 0.380. The Morgan fingerprint density at radius 2 is 2.00 bits per heavy atom. The van der Waals surface area contributed by atoms with Crippen LogP contribution in [-0.2, 0) is 22.2 Å². The van der Waals surface area contributed by atoms with Crippen LogP contribution >= 0.6 is 11.8 Å². The van der Waals surface area contributed by atoms with Gasteiger partial charge in [0, 0.05) is 22.3 Å². The van der Waals surface area contributed by atoms with Gasteiger partial charge in [-0.15, -0.1) is 11.8 Å². The van der Waals surface area contributed by atoms with E-state index in [1.165, 1.54) is 17.8 Å². The molecule has 2 aromatic rings. The van der Waals surface area contributed by atoms with Crippen molar-refractivity contribution in [3.63, 3.8) is 0 Å². The molecule has 1 aliphatic rings. The standard InChI is InChI=1S/C22H23F3N2O3S/c1-3-13(2)31-16-6-8-19(17(11-16)22(23,24)25)27-21(29)12-30-15-5-7-18-14(10-15)4-9-20(28)26-18/h5-8,10-11,13H,3-4,9,12H2,1-2H3,(H,26,28)(H,27,29). The van der Waals surface area contributed by atoms with Crippen LogP contribution in [0.3, 0.4) is 0 Å². The number of nitrogens with one attached hydrogen (secondary N) is 2. The third kappa shape index (κ3) is 6.16. The summed E-state index contributed by atoms with van der Waals surface area (Å²) >= 11 is 1.36. The second-order valence-electron chi connectivity index (χ2n) is 7.25. The monoisotopic (exact) mass is 452 g/mol. The molecule has 1 unspecified atom stereocenters. The van der Waals surface area contributed by atoms with Gasteiger partial charge in [-0.1, -0.05) is 13.8 Å². The number of hydrogen-bond donors (Lipinski definition) is 2. The van der Waals surface area contributed by atoms with Crippen LogP contribution in [0.5, 0.6) is 5.75 Å². The van der Waals surface area contributed by atoms with Crippen molar-refractivity contribution < 1.29 is 27.5 Å². The number of aryl methyl sites for hydroxylation is 1. The number of hydrogen-bond acceptors (Lipinski definition) is 4. The van der Waals surface area contributed by atoms with Crippen molar-refractivity contribution in [3.05, 3.63) is 47.5 Å². The van der Waals surface area contributed by atoms with Gasteiger partial charge < -0.3 is 15.4 Å². The third-order valence-electron chi connectivity index (χ3n) is 4.82. The molecule has 0 aromatic heterocycles. The molecule has 1 atom stereocenters. The molecule has 31 heavy (non-hydrogen) atoms. The van der Waals surface area contributed by atoms with E-state index in [4.69, 9.17) is 4.74 Å². The average Bonchev–Trinajstić information content (AvgIpc) is 2.72. The van der Waals surface area contributed by atoms with Crippen molar-refractivity contribution in [1.29, 1.82) is 0 Å². The van der Waals surface area contributed by atoms with Crippen molar-refractivity contribution in [2.75, 3.05) is 17.2 Å². The molecule has 1 aliphatic heterocycles. The Labute approximate surface area is 182 Å². The van der Waals surface area contributed by atoms with Crippen LogP contribution in [0, 0.1) is 0 Å². The van der Waals surface area contributed by atoms with Gasteiger partial charge in [-0.3, -0.25) is 9.59 Å². The van der Waals surface area contributed by atoms with E-state index in [2.05, 4.69) is 10.6 Å². The van der Waals surface area contributed by atoms with Gasteiger partial charge in [0.25, 0.3) is 5.91 Å². The Morgan fingerprint density at radius 3 is 2.71 bits per heavy atom. The van der Waals surface area contributed by atoms with Gasteiger partial charge in [-0.25, -0.2) is 0 Å². The summed E-state index contributed by atoms with van der Waals surface area (Å²) in [6.07, 6.45) is -2.85. The predicted molar refractivity (Wildman–Crippen MR) is 115 cm³/mol. The highest BCUT2D eigenvalue weighted by molar-refractivity contribution is 7.99. The van der Waals surface area contributed by atoms with E-state index >= 15 is 0 Å². The zero-order chi connectivity index (χ0) is 22.6. The highest BCUT2D eigenvalue weighted by atomic mass is 32.2. The zero-order valence-corrected chi connectivity index (χ0v) is 18.0. The summed E-state index contributed by atoms with van der Waals surface area (Å²) < 4.78 is 46.0. The van der Waals surface area contributed by atoms with Gasteiger partial charge in [0.05, 0.1) is 11.3 Å². The van der Waals surface area contributed by atoms with Crippen LogP contribution in [0.2, 0.25) is 0 Å². The smallest absolute Gasteiger partial charge is 0.418 e. The molecule has 2 amide bonds. The van der Waals surface area contributed by atoms with Crippen LogP contribution < -0.4 is 15.4 Å². The maximum Gasteiger partial charge on any atom is 0.418 e. The number of anilines is 2. The first kappa shape index (κ1) is 23.0. The summed E-state index contributed by atoms with van der Waals surface area (Å²) in [5, 5.41) is 5.22. The van der Waals surface area contributed by atoms with Crippen molar-refractivity contribution >= 4 is 35.0 Å². The maximum absolute atomic E-state index is 13.5. The molecule has 0 bridgehead atoms. The molecule has 0 fully saturated rings. The first-order valence-electron chi connectivity index (χ1n) is 9.89. The lowest BCUT2D eigenvalue weighted by molar-refractivity contribution is -0.137. The molecule has 2 N–H and O–H groups in total. The topological polar surface area (TPSA) is 67.4 Å². The number of rotatable bonds is 7. The Morgan fingerprint density at radius 1 is 1.23 bits per heavy atom. The van der Waals surface area contributed by atoms with E-state index in [0.717, 1.165) is 18.1 Å². The zero-order valence-electron chi connectivity index (χ0n) is 17.1. The number of halogens is 3. The molecule has 3 rings (SSSR count). The van der Waals surface area contributed by atoms with Gasteiger partial charge in [-0.2, -0.15) is 13.2 Å². The van der Waals surface area contributed by atoms with Crippen LogP contribution in [0.25, 0.3) is 0 Å². The van der Waals surface area contributed by atoms with E-state index < -0.39 is 24.3 Å². The normalized spacial score (nSPS) is 14.4. The van der Waals surface area contributed by atoms with Crippen molar-refractivity contribution in [1.82, 2.24) is 0 Å². The lowest BCUT2D eigenvalue weighted by Gasteiger charge is -2.18. The van der Waals surface area contributed by atoms with E-state index in [1.807, 2.05) is 13.8 Å². The quantitative estimate of drug-likeness (QED) is 0.545. The highest BCUT2D eigenvalue weighted by Gasteiger charge is 2.34. The van der Waals surface area contributed by atoms with Crippen LogP contribution in [0.4, 0.5) is 24.5 Å². The summed E-state index contributed by atoms with van der Waals surface area (Å²) in [4.78, 5) is 24.1. The van der Waals surface area contributed by atoms with Crippen LogP contribution in [-0.4, -0.2) is 23.7 Å². The summed E-state index contributed by atoms with van der Waals surface area (Å²) in [7, 11) is 0. The highest BCUT2D eigenvalue weighted by Crippen LogP contribution is 2.38. The Hall–Kier alpha value is -2.68. The fraction of sp³-hybridized carbons (Fsp3) is 0.364. The molecule has 0 aliphatic carbocycles. The number of alkyl halides is 3. The number of fused-ring (bicyclic) bond motifs is 1. The molecule has 0 saturated heterocycles. The van der Waals surface area contributed by atoms with E-state index in [9.17, 15) is 22.8 Å². The first-order valence-corrected chi connectivity index (χ1v) is 10.8. The Bertz CT molecular complexity index is 979. The molecular weight excluding hydrogens is 429 g/mol. The fourth-order valence-corrected chi connectivity index (χ4v) is 4.00. The molecule has 166 valence electrons. The minimum atomic E-state index is -4.60. The summed E-state index contributed by atoms with van der Waals surface area (Å²) in [6, 6.07) is 8.89. The summed E-state index contributed by atoms with van der Waals surface area (Å²) in [5.74, 6) is -0.352. The molecular formula is C22H23F3N2O3S. The van der Waals surface area contributed by atoms with E-state index in [-0.39, 0.29) is 16.8 Å². The minimum Gasteiger partial charge on any atom is -0.484 e. The van der Waals surface area contributed by atoms with Crippen molar-refractivity contribution in [2.45, 2.75) is 49.4 Å². The number of benzene rings is 2. The lowest BCUT2D eigenvalue weighted by Crippen LogP contribution is -2.23. The Balaban J connectivity index is 1.66. The predicted octanol–water partition coefficient (Wildman–Crippen LogP) is 5.50. The number of amides is 2. The van der Waals surface area contributed by atoms with Gasteiger partial charge in [0.2, 0.25) is 5.91 Å². The molecule has 9 heteroatoms. The number of thioether (sulfide) groups is 1. The maximum atomic E-state index is 13.5. The largest absolute Gasteiger partial charge is 0.484 e. The van der Waals surface area contributed by atoms with Crippen molar-refractivity contribution in [3.8, 4) is 5.75 Å². The van der Waals surface area contributed by atoms with Gasteiger partial charge >= 0.3 is 6.18 Å². The Kier molecular flexibility index (Phi) is 7.15. The number of carbonyl (C=O) groups excluding carboxylic acids is 2. The molecule has 5 nitrogen and oxygen atoms in total. The van der Waals surface area contributed by atoms with Crippen molar-refractivity contribution in [2.24, 2.45) is 0 Å². The fourth-order valence-electron chi connectivity index (χ4n) is 3.04. The molecule has 1 heterocycles. The second kappa shape index (κ2) is 9.64. The van der Waals surface area contributed by atoms with E-state index in [0.29, 0.717) is 29.2 Å². The van der Waals surface area contributed by atoms with Gasteiger partial charge in [0.15, 0.2) is 6.61 Å². The lowest BCUT2D eigenvalue weighted by atomic mass is 10.0. The van der Waals surface area contributed by atoms with Gasteiger partial charge in [0.1, 0.15) is 5.75 Å². The summed E-state index contributed by atoms with van der Waals surface area (Å²) in [6.45, 7) is 3.47. The average molecular weight is 452 g/mol. The third-order valence-corrected chi connectivity index (χ3v) is 6.09. The first-order chi connectivity index (χ1) is 14.7. The number of carbonyl (C=O) groups is 2.